The van der Waals surface area contributed by atoms with E-state index in [0.29, 0.717) is 0 Å². The molecule has 2 nitrogen and oxygen atoms in total. The third kappa shape index (κ3) is 2.44. The third-order valence-corrected chi connectivity index (χ3v) is 2.89. The van der Waals surface area contributed by atoms with Gasteiger partial charge in [-0.25, -0.2) is 0 Å². The van der Waals surface area contributed by atoms with Crippen molar-refractivity contribution in [3.63, 3.8) is 0 Å². The van der Waals surface area contributed by atoms with Crippen LogP contribution in [0.1, 0.15) is 19.3 Å². The molecule has 13 heavy (non-hydrogen) atoms. The Bertz CT molecular complexity index is 354. The highest BCUT2D eigenvalue weighted by molar-refractivity contribution is 9.10. The zero-order valence-electron chi connectivity index (χ0n) is 7.37. The smallest absolute Gasteiger partial charge is 0.250 e. The number of halogens is 1. The molecule has 0 radical (unpaired) electrons. The molecule has 70 valence electrons. The molecule has 1 fully saturated rings. The van der Waals surface area contributed by atoms with Gasteiger partial charge < -0.3 is 4.57 Å². The highest BCUT2D eigenvalue weighted by Gasteiger charge is 2.20. The van der Waals surface area contributed by atoms with Crippen molar-refractivity contribution in [3.8, 4) is 0 Å². The second-order valence-electron chi connectivity index (χ2n) is 3.61. The highest BCUT2D eigenvalue weighted by Crippen LogP contribution is 2.32. The Kier molecular flexibility index (Phi) is 2.54. The van der Waals surface area contributed by atoms with E-state index < -0.39 is 0 Å². The Morgan fingerprint density at radius 1 is 1.46 bits per heavy atom. The molecule has 0 N–H and O–H groups in total. The Hall–Kier alpha value is -0.570. The Morgan fingerprint density at radius 3 is 2.92 bits per heavy atom. The molecular formula is C10H12BrNO. The van der Waals surface area contributed by atoms with Gasteiger partial charge in [0.1, 0.15) is 0 Å². The molecule has 1 aliphatic carbocycles. The van der Waals surface area contributed by atoms with Crippen molar-refractivity contribution in [2.24, 2.45) is 5.92 Å². The van der Waals surface area contributed by atoms with Gasteiger partial charge in [0.25, 0.3) is 5.56 Å². The minimum atomic E-state index is 0.101. The Balaban J connectivity index is 2.08. The van der Waals surface area contributed by atoms with Crippen LogP contribution in [0.15, 0.2) is 27.6 Å². The largest absolute Gasteiger partial charge is 0.314 e. The standard InChI is InChI=1S/C10H12BrNO/c11-9-3-4-10(13)12(7-9)6-5-8-1-2-8/h3-4,7-8H,1-2,5-6H2. The zero-order valence-corrected chi connectivity index (χ0v) is 8.96. The SMILES string of the molecule is O=c1ccc(Br)cn1CCC1CC1. The summed E-state index contributed by atoms with van der Waals surface area (Å²) in [7, 11) is 0. The molecule has 1 aromatic heterocycles. The van der Waals surface area contributed by atoms with Crippen molar-refractivity contribution in [1.82, 2.24) is 4.57 Å². The maximum absolute atomic E-state index is 11.3. The van der Waals surface area contributed by atoms with Gasteiger partial charge >= 0.3 is 0 Å². The van der Waals surface area contributed by atoms with Crippen LogP contribution in [0.3, 0.4) is 0 Å². The van der Waals surface area contributed by atoms with E-state index in [2.05, 4.69) is 15.9 Å². The monoisotopic (exact) mass is 241 g/mol. The minimum absolute atomic E-state index is 0.101. The van der Waals surface area contributed by atoms with Crippen LogP contribution in [0, 0.1) is 5.92 Å². The van der Waals surface area contributed by atoms with E-state index in [1.807, 2.05) is 6.20 Å². The summed E-state index contributed by atoms with van der Waals surface area (Å²) in [6.07, 6.45) is 5.71. The lowest BCUT2D eigenvalue weighted by atomic mass is 10.3. The summed E-state index contributed by atoms with van der Waals surface area (Å²) in [5, 5.41) is 0. The van der Waals surface area contributed by atoms with Crippen LogP contribution in [0.4, 0.5) is 0 Å². The number of rotatable bonds is 3. The first-order valence-corrected chi connectivity index (χ1v) is 5.41. The summed E-state index contributed by atoms with van der Waals surface area (Å²) < 4.78 is 2.76. The number of aromatic nitrogens is 1. The van der Waals surface area contributed by atoms with Gasteiger partial charge in [-0.05, 0) is 34.3 Å². The average Bonchev–Trinajstić information content (AvgIpc) is 2.90. The summed E-state index contributed by atoms with van der Waals surface area (Å²) >= 11 is 3.36. The molecule has 0 aliphatic heterocycles. The van der Waals surface area contributed by atoms with E-state index in [1.54, 1.807) is 16.7 Å². The fraction of sp³-hybridized carbons (Fsp3) is 0.500. The lowest BCUT2D eigenvalue weighted by Crippen LogP contribution is -2.18. The van der Waals surface area contributed by atoms with Crippen LogP contribution >= 0.6 is 15.9 Å². The number of pyridine rings is 1. The van der Waals surface area contributed by atoms with E-state index in [0.717, 1.165) is 23.4 Å². The third-order valence-electron chi connectivity index (χ3n) is 2.42. The maximum atomic E-state index is 11.3. The Labute approximate surface area is 85.7 Å². The van der Waals surface area contributed by atoms with Crippen molar-refractivity contribution < 1.29 is 0 Å². The van der Waals surface area contributed by atoms with E-state index in [9.17, 15) is 4.79 Å². The molecular weight excluding hydrogens is 230 g/mol. The zero-order chi connectivity index (χ0) is 9.26. The maximum Gasteiger partial charge on any atom is 0.250 e. The van der Waals surface area contributed by atoms with Gasteiger partial charge in [0.05, 0.1) is 0 Å². The summed E-state index contributed by atoms with van der Waals surface area (Å²) in [6, 6.07) is 3.40. The average molecular weight is 242 g/mol. The van der Waals surface area contributed by atoms with Crippen LogP contribution in [-0.4, -0.2) is 4.57 Å². The molecule has 0 unspecified atom stereocenters. The van der Waals surface area contributed by atoms with Crippen molar-refractivity contribution in [1.29, 1.82) is 0 Å². The predicted molar refractivity (Wildman–Crippen MR) is 55.7 cm³/mol. The van der Waals surface area contributed by atoms with Gasteiger partial charge in [-0.1, -0.05) is 12.8 Å². The molecule has 3 heteroatoms. The van der Waals surface area contributed by atoms with E-state index >= 15 is 0 Å². The fourth-order valence-corrected chi connectivity index (χ4v) is 1.78. The van der Waals surface area contributed by atoms with Crippen molar-refractivity contribution in [2.75, 3.05) is 0 Å². The van der Waals surface area contributed by atoms with Gasteiger partial charge in [-0.15, -0.1) is 0 Å². The van der Waals surface area contributed by atoms with Gasteiger partial charge in [0.2, 0.25) is 0 Å². The lowest BCUT2D eigenvalue weighted by Gasteiger charge is -2.04. The van der Waals surface area contributed by atoms with Crippen molar-refractivity contribution in [3.05, 3.63) is 33.2 Å². The number of nitrogens with zero attached hydrogens (tertiary/aromatic N) is 1. The molecule has 0 bridgehead atoms. The molecule has 1 saturated carbocycles. The second-order valence-corrected chi connectivity index (χ2v) is 4.53. The fourth-order valence-electron chi connectivity index (χ4n) is 1.41. The first-order chi connectivity index (χ1) is 6.25. The van der Waals surface area contributed by atoms with E-state index in [1.165, 1.54) is 12.8 Å². The van der Waals surface area contributed by atoms with Crippen molar-refractivity contribution in [2.45, 2.75) is 25.8 Å². The molecule has 2 rings (SSSR count). The van der Waals surface area contributed by atoms with Gasteiger partial charge in [0.15, 0.2) is 0 Å². The molecule has 0 spiro atoms. The quantitative estimate of drug-likeness (QED) is 0.797. The van der Waals surface area contributed by atoms with Crippen LogP contribution < -0.4 is 5.56 Å². The molecule has 0 aromatic carbocycles. The molecule has 1 heterocycles. The summed E-state index contributed by atoms with van der Waals surface area (Å²) in [5.41, 5.74) is 0.101. The van der Waals surface area contributed by atoms with Crippen LogP contribution in [0.25, 0.3) is 0 Å². The molecule has 0 atom stereocenters. The number of hydrogen-bond donors (Lipinski definition) is 0. The number of aryl methyl sites for hydroxylation is 1. The summed E-state index contributed by atoms with van der Waals surface area (Å²) in [6.45, 7) is 0.864. The molecule has 0 saturated heterocycles. The first kappa shape index (κ1) is 9.00. The second kappa shape index (κ2) is 3.66. The summed E-state index contributed by atoms with van der Waals surface area (Å²) in [5.74, 6) is 0.880. The van der Waals surface area contributed by atoms with Gasteiger partial charge in [-0.3, -0.25) is 4.79 Å². The summed E-state index contributed by atoms with van der Waals surface area (Å²) in [4.78, 5) is 11.3. The predicted octanol–water partition coefficient (Wildman–Crippen LogP) is 2.41. The molecule has 1 aromatic rings. The first-order valence-electron chi connectivity index (χ1n) is 4.62. The number of hydrogen-bond acceptors (Lipinski definition) is 1. The minimum Gasteiger partial charge on any atom is -0.314 e. The van der Waals surface area contributed by atoms with Crippen LogP contribution in [0.2, 0.25) is 0 Å². The van der Waals surface area contributed by atoms with Crippen LogP contribution in [0.5, 0.6) is 0 Å². The lowest BCUT2D eigenvalue weighted by molar-refractivity contribution is 0.580. The van der Waals surface area contributed by atoms with E-state index in [4.69, 9.17) is 0 Å². The molecule has 0 amide bonds. The normalized spacial score (nSPS) is 16.1. The van der Waals surface area contributed by atoms with Crippen LogP contribution in [-0.2, 0) is 6.54 Å². The van der Waals surface area contributed by atoms with Gasteiger partial charge in [-0.2, -0.15) is 0 Å². The van der Waals surface area contributed by atoms with E-state index in [-0.39, 0.29) is 5.56 Å². The topological polar surface area (TPSA) is 22.0 Å². The Morgan fingerprint density at radius 2 is 2.23 bits per heavy atom. The van der Waals surface area contributed by atoms with Crippen molar-refractivity contribution >= 4 is 15.9 Å². The molecule has 1 aliphatic rings. The van der Waals surface area contributed by atoms with Gasteiger partial charge in [0, 0.05) is 23.3 Å². The highest BCUT2D eigenvalue weighted by atomic mass is 79.9.